The summed E-state index contributed by atoms with van der Waals surface area (Å²) in [5.74, 6) is -2.58. The topological polar surface area (TPSA) is 70.6 Å². The number of halogens is 2. The Labute approximate surface area is 143 Å². The molecule has 0 unspecified atom stereocenters. The van der Waals surface area contributed by atoms with E-state index in [4.69, 9.17) is 0 Å². The molecule has 0 radical (unpaired) electrons. The third-order valence-electron chi connectivity index (χ3n) is 3.93. The molecule has 0 bridgehead atoms. The van der Waals surface area contributed by atoms with Crippen molar-refractivity contribution in [2.45, 2.75) is 4.90 Å². The van der Waals surface area contributed by atoms with E-state index >= 15 is 0 Å². The van der Waals surface area contributed by atoms with Crippen molar-refractivity contribution in [3.63, 3.8) is 0 Å². The number of benzene rings is 1. The number of hydrogen-bond donors (Lipinski definition) is 0. The Kier molecular flexibility index (Phi) is 4.78. The molecule has 1 aromatic carbocycles. The van der Waals surface area contributed by atoms with Crippen molar-refractivity contribution < 1.29 is 22.0 Å². The minimum Gasteiger partial charge on any atom is -0.335 e. The minimum absolute atomic E-state index is 0.0469. The van der Waals surface area contributed by atoms with Gasteiger partial charge in [-0.05, 0) is 24.3 Å². The first-order chi connectivity index (χ1) is 11.9. The van der Waals surface area contributed by atoms with Crippen molar-refractivity contribution in [3.8, 4) is 0 Å². The van der Waals surface area contributed by atoms with Crippen LogP contribution in [0.15, 0.2) is 47.5 Å². The van der Waals surface area contributed by atoms with E-state index < -0.39 is 26.6 Å². The molecule has 0 spiro atoms. The Morgan fingerprint density at radius 1 is 0.960 bits per heavy atom. The quantitative estimate of drug-likeness (QED) is 0.825. The van der Waals surface area contributed by atoms with Crippen molar-refractivity contribution in [2.24, 2.45) is 0 Å². The molecule has 1 saturated heterocycles. The Morgan fingerprint density at radius 3 is 2.16 bits per heavy atom. The Balaban J connectivity index is 1.75. The first-order valence-corrected chi connectivity index (χ1v) is 9.00. The molecule has 6 nitrogen and oxygen atoms in total. The van der Waals surface area contributed by atoms with E-state index in [9.17, 15) is 22.0 Å². The molecule has 1 aliphatic rings. The molecule has 2 aromatic rings. The zero-order valence-electron chi connectivity index (χ0n) is 13.1. The van der Waals surface area contributed by atoms with Crippen molar-refractivity contribution in [1.82, 2.24) is 14.2 Å². The van der Waals surface area contributed by atoms with E-state index in [1.807, 2.05) is 0 Å². The fourth-order valence-electron chi connectivity index (χ4n) is 2.64. The van der Waals surface area contributed by atoms with Crippen LogP contribution in [-0.4, -0.2) is 54.7 Å². The first kappa shape index (κ1) is 17.4. The maximum atomic E-state index is 13.8. The molecule has 132 valence electrons. The molecule has 0 atom stereocenters. The molecule has 0 aliphatic carbocycles. The van der Waals surface area contributed by atoms with E-state index in [2.05, 4.69) is 4.98 Å². The van der Waals surface area contributed by atoms with Gasteiger partial charge in [-0.3, -0.25) is 9.78 Å². The largest absolute Gasteiger partial charge is 0.335 e. The van der Waals surface area contributed by atoms with Crippen LogP contribution in [0.2, 0.25) is 0 Å². The van der Waals surface area contributed by atoms with Gasteiger partial charge in [-0.1, -0.05) is 12.1 Å². The van der Waals surface area contributed by atoms with Gasteiger partial charge < -0.3 is 4.90 Å². The lowest BCUT2D eigenvalue weighted by molar-refractivity contribution is 0.0691. The third kappa shape index (κ3) is 3.38. The van der Waals surface area contributed by atoms with E-state index in [-0.39, 0.29) is 37.8 Å². The molecule has 2 heterocycles. The lowest BCUT2D eigenvalue weighted by Gasteiger charge is -2.33. The lowest BCUT2D eigenvalue weighted by atomic mass is 10.3. The minimum atomic E-state index is -4.31. The molecule has 1 aliphatic heterocycles. The molecule has 1 aromatic heterocycles. The maximum absolute atomic E-state index is 13.8. The summed E-state index contributed by atoms with van der Waals surface area (Å²) in [6.07, 6.45) is 1.49. The molecule has 1 amide bonds. The van der Waals surface area contributed by atoms with Gasteiger partial charge >= 0.3 is 0 Å². The highest BCUT2D eigenvalue weighted by Crippen LogP contribution is 2.23. The van der Waals surface area contributed by atoms with Gasteiger partial charge in [0.1, 0.15) is 17.3 Å². The van der Waals surface area contributed by atoms with Crippen LogP contribution in [0.3, 0.4) is 0 Å². The summed E-state index contributed by atoms with van der Waals surface area (Å²) >= 11 is 0. The highest BCUT2D eigenvalue weighted by molar-refractivity contribution is 7.89. The van der Waals surface area contributed by atoms with Crippen LogP contribution >= 0.6 is 0 Å². The van der Waals surface area contributed by atoms with Crippen LogP contribution in [0.4, 0.5) is 8.78 Å². The molecular formula is C16H15F2N3O3S. The lowest BCUT2D eigenvalue weighted by Crippen LogP contribution is -2.50. The summed E-state index contributed by atoms with van der Waals surface area (Å²) in [6, 6.07) is 7.84. The van der Waals surface area contributed by atoms with Crippen LogP contribution < -0.4 is 0 Å². The molecule has 0 saturated carbocycles. The van der Waals surface area contributed by atoms with Gasteiger partial charge in [-0.15, -0.1) is 0 Å². The smallest absolute Gasteiger partial charge is 0.272 e. The van der Waals surface area contributed by atoms with Crippen molar-refractivity contribution >= 4 is 15.9 Å². The average Bonchev–Trinajstić information content (AvgIpc) is 2.61. The first-order valence-electron chi connectivity index (χ1n) is 7.56. The van der Waals surface area contributed by atoms with Crippen LogP contribution in [-0.2, 0) is 10.0 Å². The SMILES string of the molecule is O=C(c1ccccn1)N1CCN(S(=O)(=O)c2c(F)cccc2F)CC1. The zero-order chi connectivity index (χ0) is 18.0. The number of carbonyl (C=O) groups excluding carboxylic acids is 1. The highest BCUT2D eigenvalue weighted by atomic mass is 32.2. The fraction of sp³-hybridized carbons (Fsp3) is 0.250. The monoisotopic (exact) mass is 367 g/mol. The number of piperazine rings is 1. The molecule has 3 rings (SSSR count). The second-order valence-electron chi connectivity index (χ2n) is 5.46. The Morgan fingerprint density at radius 2 is 1.60 bits per heavy atom. The number of nitrogens with zero attached hydrogens (tertiary/aromatic N) is 3. The van der Waals surface area contributed by atoms with E-state index in [1.165, 1.54) is 11.1 Å². The van der Waals surface area contributed by atoms with E-state index in [1.54, 1.807) is 18.2 Å². The van der Waals surface area contributed by atoms with Gasteiger partial charge in [0.25, 0.3) is 5.91 Å². The van der Waals surface area contributed by atoms with Gasteiger partial charge in [0.2, 0.25) is 10.0 Å². The predicted octanol–water partition coefficient (Wildman–Crippen LogP) is 1.51. The van der Waals surface area contributed by atoms with Gasteiger partial charge in [0.05, 0.1) is 0 Å². The standard InChI is InChI=1S/C16H15F2N3O3S/c17-12-4-3-5-13(18)15(12)25(23,24)21-10-8-20(9-11-21)16(22)14-6-1-2-7-19-14/h1-7H,8-11H2. The van der Waals surface area contributed by atoms with Crippen molar-refractivity contribution in [1.29, 1.82) is 0 Å². The normalized spacial score (nSPS) is 16.0. The fourth-order valence-corrected chi connectivity index (χ4v) is 4.17. The summed E-state index contributed by atoms with van der Waals surface area (Å²) < 4.78 is 53.6. The summed E-state index contributed by atoms with van der Waals surface area (Å²) in [6.45, 7) is 0.138. The summed E-state index contributed by atoms with van der Waals surface area (Å²) in [4.78, 5) is 16.8. The molecule has 25 heavy (non-hydrogen) atoms. The molecule has 1 fully saturated rings. The van der Waals surface area contributed by atoms with Gasteiger partial charge in [0.15, 0.2) is 4.90 Å². The predicted molar refractivity (Wildman–Crippen MR) is 85.3 cm³/mol. The average molecular weight is 367 g/mol. The number of hydrogen-bond acceptors (Lipinski definition) is 4. The number of pyridine rings is 1. The van der Waals surface area contributed by atoms with Crippen molar-refractivity contribution in [2.75, 3.05) is 26.2 Å². The maximum Gasteiger partial charge on any atom is 0.272 e. The van der Waals surface area contributed by atoms with Crippen LogP contribution in [0.1, 0.15) is 10.5 Å². The number of aromatic nitrogens is 1. The zero-order valence-corrected chi connectivity index (χ0v) is 13.9. The van der Waals surface area contributed by atoms with Gasteiger partial charge in [0, 0.05) is 32.4 Å². The molecule has 0 N–H and O–H groups in total. The summed E-state index contributed by atoms with van der Waals surface area (Å²) in [5, 5.41) is 0. The van der Waals surface area contributed by atoms with E-state index in [0.717, 1.165) is 22.5 Å². The second kappa shape index (κ2) is 6.85. The Hall–Kier alpha value is -2.39. The number of carbonyl (C=O) groups is 1. The van der Waals surface area contributed by atoms with Gasteiger partial charge in [-0.25, -0.2) is 17.2 Å². The second-order valence-corrected chi connectivity index (χ2v) is 7.34. The highest BCUT2D eigenvalue weighted by Gasteiger charge is 2.34. The molecular weight excluding hydrogens is 352 g/mol. The third-order valence-corrected chi connectivity index (χ3v) is 5.88. The summed E-state index contributed by atoms with van der Waals surface area (Å²) in [5.41, 5.74) is 0.263. The van der Waals surface area contributed by atoms with Crippen molar-refractivity contribution in [3.05, 3.63) is 59.9 Å². The summed E-state index contributed by atoms with van der Waals surface area (Å²) in [7, 11) is -4.31. The van der Waals surface area contributed by atoms with E-state index in [0.29, 0.717) is 0 Å². The number of sulfonamides is 1. The van der Waals surface area contributed by atoms with Crippen LogP contribution in [0, 0.1) is 11.6 Å². The van der Waals surface area contributed by atoms with Crippen LogP contribution in [0.5, 0.6) is 0 Å². The van der Waals surface area contributed by atoms with Crippen LogP contribution in [0.25, 0.3) is 0 Å². The number of rotatable bonds is 3. The Bertz CT molecular complexity index is 863. The van der Waals surface area contributed by atoms with Gasteiger partial charge in [-0.2, -0.15) is 4.31 Å². The number of amides is 1. The molecule has 9 heteroatoms.